The zero-order valence-electron chi connectivity index (χ0n) is 14.6. The summed E-state index contributed by atoms with van der Waals surface area (Å²) in [7, 11) is 0. The molecule has 0 aliphatic heterocycles. The van der Waals surface area contributed by atoms with Crippen LogP contribution in [0.15, 0.2) is 54.6 Å². The Morgan fingerprint density at radius 2 is 1.61 bits per heavy atom. The zero-order chi connectivity index (χ0) is 20.5. The Morgan fingerprint density at radius 1 is 0.964 bits per heavy atom. The number of carbonyl (C=O) groups is 3. The molecule has 10 nitrogen and oxygen atoms in total. The fraction of sp³-hybridized carbons (Fsp3) is 0.167. The number of amides is 3. The van der Waals surface area contributed by atoms with Gasteiger partial charge in [-0.3, -0.25) is 24.5 Å². The van der Waals surface area contributed by atoms with Gasteiger partial charge in [0.15, 0.2) is 6.61 Å². The second-order valence-corrected chi connectivity index (χ2v) is 5.63. The van der Waals surface area contributed by atoms with E-state index < -0.39 is 41.8 Å². The van der Waals surface area contributed by atoms with Gasteiger partial charge < -0.3 is 16.0 Å². The van der Waals surface area contributed by atoms with E-state index in [2.05, 4.69) is 16.0 Å². The molecule has 2 rings (SSSR count). The molecule has 1 atom stereocenters. The van der Waals surface area contributed by atoms with Crippen LogP contribution >= 0.6 is 0 Å². The minimum atomic E-state index is -1.12. The molecule has 0 aliphatic carbocycles. The van der Waals surface area contributed by atoms with E-state index in [0.717, 1.165) is 0 Å². The van der Waals surface area contributed by atoms with Crippen LogP contribution in [0, 0.1) is 10.1 Å². The van der Waals surface area contributed by atoms with Gasteiger partial charge in [-0.05, 0) is 17.7 Å². The highest BCUT2D eigenvalue weighted by Gasteiger charge is 2.23. The summed E-state index contributed by atoms with van der Waals surface area (Å²) in [6.07, 6.45) is 0. The minimum Gasteiger partial charge on any atom is -0.345 e. The zero-order valence-corrected chi connectivity index (χ0v) is 14.6. The molecular formula is C18H17N4O6. The first-order valence-electron chi connectivity index (χ1n) is 8.15. The lowest BCUT2D eigenvalue weighted by atomic mass is 10.1. The van der Waals surface area contributed by atoms with Gasteiger partial charge in [0, 0.05) is 17.8 Å². The van der Waals surface area contributed by atoms with Gasteiger partial charge in [-0.15, -0.1) is 0 Å². The number of anilines is 1. The first-order chi connectivity index (χ1) is 13.4. The Labute approximate surface area is 159 Å². The Kier molecular flexibility index (Phi) is 7.17. The van der Waals surface area contributed by atoms with Gasteiger partial charge in [-0.1, -0.05) is 30.3 Å². The van der Waals surface area contributed by atoms with Crippen molar-refractivity contribution in [2.75, 3.05) is 18.5 Å². The van der Waals surface area contributed by atoms with Crippen molar-refractivity contribution in [1.82, 2.24) is 10.6 Å². The van der Waals surface area contributed by atoms with Crippen LogP contribution in [0.3, 0.4) is 0 Å². The molecule has 0 saturated carbocycles. The standard InChI is InChI=1S/C18H17N4O6/c23-11-16(25)21-17(12-4-2-1-3-5-12)18(26)19-10-15(24)20-13-6-8-14(9-7-13)22(27)28/h1-9,17H,10-11H2,(H,19,26)(H,20,24)(H,21,25)/t17-/m1/s1. The predicted molar refractivity (Wildman–Crippen MR) is 97.6 cm³/mol. The van der Waals surface area contributed by atoms with Crippen LogP contribution < -0.4 is 16.0 Å². The molecule has 0 aromatic heterocycles. The number of rotatable bonds is 8. The number of nitrogens with zero attached hydrogens (tertiary/aromatic N) is 1. The molecule has 0 aliphatic rings. The van der Waals surface area contributed by atoms with Crippen LogP contribution in [0.25, 0.3) is 0 Å². The van der Waals surface area contributed by atoms with Crippen molar-refractivity contribution < 1.29 is 24.4 Å². The van der Waals surface area contributed by atoms with Crippen LogP contribution in [-0.4, -0.2) is 35.8 Å². The summed E-state index contributed by atoms with van der Waals surface area (Å²) < 4.78 is 0. The van der Waals surface area contributed by atoms with Gasteiger partial charge in [-0.25, -0.2) is 5.11 Å². The molecule has 0 spiro atoms. The molecule has 10 heteroatoms. The van der Waals surface area contributed by atoms with Crippen molar-refractivity contribution in [2.45, 2.75) is 6.04 Å². The molecule has 2 aromatic rings. The van der Waals surface area contributed by atoms with E-state index >= 15 is 0 Å². The maximum absolute atomic E-state index is 12.4. The van der Waals surface area contributed by atoms with Crippen LogP contribution in [-0.2, 0) is 19.5 Å². The molecule has 0 fully saturated rings. The maximum atomic E-state index is 12.4. The number of hydrogen-bond acceptors (Lipinski definition) is 5. The first-order valence-corrected chi connectivity index (χ1v) is 8.15. The van der Waals surface area contributed by atoms with Crippen LogP contribution in [0.1, 0.15) is 11.6 Å². The highest BCUT2D eigenvalue weighted by atomic mass is 16.6. The van der Waals surface area contributed by atoms with E-state index in [1.807, 2.05) is 0 Å². The lowest BCUT2D eigenvalue weighted by Crippen LogP contribution is -2.43. The van der Waals surface area contributed by atoms with Crippen molar-refractivity contribution in [2.24, 2.45) is 0 Å². The average Bonchev–Trinajstić information content (AvgIpc) is 2.71. The van der Waals surface area contributed by atoms with Crippen LogP contribution in [0.5, 0.6) is 0 Å². The van der Waals surface area contributed by atoms with Crippen molar-refractivity contribution in [3.05, 3.63) is 70.3 Å². The lowest BCUT2D eigenvalue weighted by Gasteiger charge is -2.18. The largest absolute Gasteiger partial charge is 0.345 e. The Hall–Kier alpha value is -3.79. The van der Waals surface area contributed by atoms with E-state index in [0.29, 0.717) is 11.3 Å². The first kappa shape index (κ1) is 20.5. The lowest BCUT2D eigenvalue weighted by molar-refractivity contribution is -0.384. The number of carbonyl (C=O) groups excluding carboxylic acids is 3. The molecule has 3 amide bonds. The Bertz CT molecular complexity index is 854. The second kappa shape index (κ2) is 9.78. The number of hydrogen-bond donors (Lipinski definition) is 3. The van der Waals surface area contributed by atoms with Crippen molar-refractivity contribution in [3.63, 3.8) is 0 Å². The summed E-state index contributed by atoms with van der Waals surface area (Å²) in [4.78, 5) is 45.8. The molecular weight excluding hydrogens is 368 g/mol. The summed E-state index contributed by atoms with van der Waals surface area (Å²) in [5, 5.41) is 28.5. The second-order valence-electron chi connectivity index (χ2n) is 5.63. The van der Waals surface area contributed by atoms with Gasteiger partial charge in [0.05, 0.1) is 11.5 Å². The van der Waals surface area contributed by atoms with Gasteiger partial charge in [0.25, 0.3) is 5.69 Å². The third-order valence-electron chi connectivity index (χ3n) is 3.62. The summed E-state index contributed by atoms with van der Waals surface area (Å²) in [6, 6.07) is 12.3. The van der Waals surface area contributed by atoms with E-state index in [-0.39, 0.29) is 5.69 Å². The fourth-order valence-electron chi connectivity index (χ4n) is 2.29. The Balaban J connectivity index is 1.96. The topological polar surface area (TPSA) is 150 Å². The quantitative estimate of drug-likeness (QED) is 0.456. The molecule has 0 bridgehead atoms. The van der Waals surface area contributed by atoms with Crippen molar-refractivity contribution in [3.8, 4) is 0 Å². The minimum absolute atomic E-state index is 0.119. The normalized spacial score (nSPS) is 11.2. The van der Waals surface area contributed by atoms with Gasteiger partial charge >= 0.3 is 0 Å². The van der Waals surface area contributed by atoms with Crippen LogP contribution in [0.4, 0.5) is 11.4 Å². The third kappa shape index (κ3) is 5.88. The SMILES string of the molecule is [O]CC(=O)N[C@@H](C(=O)NCC(=O)Nc1ccc([N+](=O)[O-])cc1)c1ccccc1. The average molecular weight is 385 g/mol. The predicted octanol–water partition coefficient (Wildman–Crippen LogP) is 0.938. The molecule has 3 N–H and O–H groups in total. The van der Waals surface area contributed by atoms with E-state index in [4.69, 9.17) is 0 Å². The number of benzene rings is 2. The van der Waals surface area contributed by atoms with Crippen molar-refractivity contribution >= 4 is 29.1 Å². The van der Waals surface area contributed by atoms with Gasteiger partial charge in [-0.2, -0.15) is 0 Å². The fourth-order valence-corrected chi connectivity index (χ4v) is 2.29. The van der Waals surface area contributed by atoms with E-state index in [9.17, 15) is 29.6 Å². The smallest absolute Gasteiger partial charge is 0.269 e. The van der Waals surface area contributed by atoms with Gasteiger partial charge in [0.2, 0.25) is 17.7 Å². The number of nitrogens with one attached hydrogen (secondary N) is 3. The molecule has 0 unspecified atom stereocenters. The summed E-state index contributed by atoms with van der Waals surface area (Å²) in [5.41, 5.74) is 0.660. The number of non-ortho nitro benzene ring substituents is 1. The van der Waals surface area contributed by atoms with Crippen molar-refractivity contribution in [1.29, 1.82) is 0 Å². The summed E-state index contributed by atoms with van der Waals surface area (Å²) in [6.45, 7) is -1.43. The maximum Gasteiger partial charge on any atom is 0.269 e. The highest BCUT2D eigenvalue weighted by Crippen LogP contribution is 2.15. The summed E-state index contributed by atoms with van der Waals surface area (Å²) in [5.74, 6) is -2.07. The molecule has 28 heavy (non-hydrogen) atoms. The van der Waals surface area contributed by atoms with Gasteiger partial charge in [0.1, 0.15) is 6.04 Å². The summed E-state index contributed by atoms with van der Waals surface area (Å²) >= 11 is 0. The number of nitro benzene ring substituents is 1. The molecule has 145 valence electrons. The number of nitro groups is 1. The van der Waals surface area contributed by atoms with Crippen LogP contribution in [0.2, 0.25) is 0 Å². The Morgan fingerprint density at radius 3 is 2.18 bits per heavy atom. The molecule has 2 aromatic carbocycles. The van der Waals surface area contributed by atoms with E-state index in [1.165, 1.54) is 24.3 Å². The molecule has 1 radical (unpaired) electrons. The molecule has 0 heterocycles. The van der Waals surface area contributed by atoms with E-state index in [1.54, 1.807) is 30.3 Å². The third-order valence-corrected chi connectivity index (χ3v) is 3.62. The highest BCUT2D eigenvalue weighted by molar-refractivity contribution is 5.96. The monoisotopic (exact) mass is 385 g/mol. The molecule has 0 saturated heterocycles.